The van der Waals surface area contributed by atoms with Crippen LogP contribution in [0.4, 0.5) is 36.3 Å². The number of aromatic nitrogens is 2. The van der Waals surface area contributed by atoms with Crippen molar-refractivity contribution in [3.8, 4) is 0 Å². The van der Waals surface area contributed by atoms with E-state index in [1.807, 2.05) is 17.9 Å². The van der Waals surface area contributed by atoms with E-state index in [1.54, 1.807) is 0 Å². The molecule has 0 spiro atoms. The molecule has 8 nitrogen and oxygen atoms in total. The molecule has 11 heteroatoms. The zero-order valence-electron chi connectivity index (χ0n) is 17.7. The van der Waals surface area contributed by atoms with Gasteiger partial charge in [0.15, 0.2) is 0 Å². The molecule has 1 aliphatic heterocycles. The molecule has 3 rings (SSSR count). The molecule has 0 aliphatic carbocycles. The smallest absolute Gasteiger partial charge is 0.398 e. The average Bonchev–Trinajstić information content (AvgIpc) is 2.74. The number of hydrogen-bond donors (Lipinski definition) is 4. The summed E-state index contributed by atoms with van der Waals surface area (Å²) in [6.45, 7) is 2.66. The molecule has 1 aromatic heterocycles. The highest BCUT2D eigenvalue weighted by molar-refractivity contribution is 5.77. The number of aliphatic hydroxyl groups is 1. The number of carbonyl (C=O) groups excluding carboxylic acids is 1. The molecule has 1 amide bonds. The van der Waals surface area contributed by atoms with Crippen molar-refractivity contribution in [1.29, 1.82) is 0 Å². The Labute approximate surface area is 184 Å². The molecule has 174 valence electrons. The quantitative estimate of drug-likeness (QED) is 0.478. The number of nitrogen functional groups attached to an aromatic ring is 1. The molecule has 1 atom stereocenters. The largest absolute Gasteiger partial charge is 0.418 e. The van der Waals surface area contributed by atoms with Crippen molar-refractivity contribution in [3.63, 3.8) is 0 Å². The summed E-state index contributed by atoms with van der Waals surface area (Å²) in [4.78, 5) is 22.5. The van der Waals surface area contributed by atoms with Crippen LogP contribution in [0.2, 0.25) is 0 Å². The molecular weight excluding hydrogens is 425 g/mol. The van der Waals surface area contributed by atoms with Crippen molar-refractivity contribution in [2.24, 2.45) is 0 Å². The lowest BCUT2D eigenvalue weighted by atomic mass is 10.1. The lowest BCUT2D eigenvalue weighted by molar-refractivity contribution is -0.136. The maximum atomic E-state index is 13.2. The van der Waals surface area contributed by atoms with E-state index in [1.165, 1.54) is 12.1 Å². The average molecular weight is 452 g/mol. The number of amides is 1. The first-order valence-electron chi connectivity index (χ1n) is 10.5. The van der Waals surface area contributed by atoms with Gasteiger partial charge in [0.2, 0.25) is 11.9 Å². The van der Waals surface area contributed by atoms with Crippen molar-refractivity contribution in [2.75, 3.05) is 35.6 Å². The van der Waals surface area contributed by atoms with Gasteiger partial charge in [0.05, 0.1) is 5.56 Å². The highest BCUT2D eigenvalue weighted by Crippen LogP contribution is 2.35. The van der Waals surface area contributed by atoms with Crippen molar-refractivity contribution in [3.05, 3.63) is 35.5 Å². The number of nitrogens with zero attached hydrogens (tertiary/aromatic N) is 3. The molecule has 0 radical (unpaired) electrons. The molecule has 1 fully saturated rings. The zero-order valence-corrected chi connectivity index (χ0v) is 17.7. The Kier molecular flexibility index (Phi) is 7.39. The highest BCUT2D eigenvalue weighted by atomic mass is 19.4. The number of carbonyl (C=O) groups is 1. The fourth-order valence-corrected chi connectivity index (χ4v) is 3.67. The molecule has 1 aliphatic rings. The van der Waals surface area contributed by atoms with Crippen molar-refractivity contribution in [2.45, 2.75) is 44.8 Å². The van der Waals surface area contributed by atoms with Gasteiger partial charge in [-0.2, -0.15) is 18.2 Å². The van der Waals surface area contributed by atoms with E-state index in [4.69, 9.17) is 10.8 Å². The van der Waals surface area contributed by atoms with Gasteiger partial charge in [-0.05, 0) is 37.5 Å². The van der Waals surface area contributed by atoms with Gasteiger partial charge in [0, 0.05) is 42.3 Å². The Bertz CT molecular complexity index is 954. The van der Waals surface area contributed by atoms with E-state index in [-0.39, 0.29) is 23.4 Å². The summed E-state index contributed by atoms with van der Waals surface area (Å²) in [7, 11) is 0. The Morgan fingerprint density at radius 1 is 1.31 bits per heavy atom. The Morgan fingerprint density at radius 2 is 2.09 bits per heavy atom. The van der Waals surface area contributed by atoms with Crippen LogP contribution in [0.1, 0.15) is 37.4 Å². The Morgan fingerprint density at radius 3 is 2.78 bits per heavy atom. The second kappa shape index (κ2) is 10.0. The monoisotopic (exact) mass is 452 g/mol. The van der Waals surface area contributed by atoms with E-state index >= 15 is 0 Å². The van der Waals surface area contributed by atoms with Crippen molar-refractivity contribution >= 4 is 29.0 Å². The lowest BCUT2D eigenvalue weighted by Crippen LogP contribution is -2.48. The second-order valence-corrected chi connectivity index (χ2v) is 7.73. The first kappa shape index (κ1) is 23.6. The van der Waals surface area contributed by atoms with Crippen LogP contribution in [-0.2, 0) is 17.4 Å². The van der Waals surface area contributed by atoms with Gasteiger partial charge < -0.3 is 26.4 Å². The summed E-state index contributed by atoms with van der Waals surface area (Å²) in [6, 6.07) is 5.31. The van der Waals surface area contributed by atoms with E-state index in [9.17, 15) is 18.0 Å². The van der Waals surface area contributed by atoms with Crippen molar-refractivity contribution in [1.82, 2.24) is 15.3 Å². The van der Waals surface area contributed by atoms with Crippen LogP contribution in [-0.4, -0.2) is 46.7 Å². The molecule has 5 N–H and O–H groups in total. The maximum absolute atomic E-state index is 13.2. The number of aryl methyl sites for hydroxylation is 1. The fourth-order valence-electron chi connectivity index (χ4n) is 3.67. The third-order valence-electron chi connectivity index (χ3n) is 5.14. The van der Waals surface area contributed by atoms with E-state index in [2.05, 4.69) is 20.6 Å². The minimum atomic E-state index is -4.57. The molecule has 2 heterocycles. The van der Waals surface area contributed by atoms with Gasteiger partial charge in [-0.15, -0.1) is 0 Å². The number of alkyl halides is 3. The summed E-state index contributed by atoms with van der Waals surface area (Å²) >= 11 is 0. The first-order valence-corrected chi connectivity index (χ1v) is 10.5. The van der Waals surface area contributed by atoms with Gasteiger partial charge in [0.25, 0.3) is 0 Å². The minimum absolute atomic E-state index is 0.129. The summed E-state index contributed by atoms with van der Waals surface area (Å²) in [5.74, 6) is 0.378. The molecule has 32 heavy (non-hydrogen) atoms. The third kappa shape index (κ3) is 6.00. The lowest BCUT2D eigenvalue weighted by Gasteiger charge is -2.34. The number of rotatable bonds is 7. The maximum Gasteiger partial charge on any atom is 0.418 e. The second-order valence-electron chi connectivity index (χ2n) is 7.73. The molecule has 0 saturated carbocycles. The highest BCUT2D eigenvalue weighted by Gasteiger charge is 2.33. The normalized spacial score (nSPS) is 16.7. The zero-order chi connectivity index (χ0) is 23.3. The number of anilines is 4. The van der Waals surface area contributed by atoms with Gasteiger partial charge in [-0.25, -0.2) is 4.98 Å². The van der Waals surface area contributed by atoms with Crippen molar-refractivity contribution < 1.29 is 23.1 Å². The minimum Gasteiger partial charge on any atom is -0.398 e. The summed E-state index contributed by atoms with van der Waals surface area (Å²) in [5.41, 5.74) is 5.14. The molecule has 1 aromatic carbocycles. The van der Waals surface area contributed by atoms with E-state index < -0.39 is 24.3 Å². The number of piperidine rings is 1. The third-order valence-corrected chi connectivity index (χ3v) is 5.14. The van der Waals surface area contributed by atoms with Crippen LogP contribution in [0.3, 0.4) is 0 Å². The summed E-state index contributed by atoms with van der Waals surface area (Å²) in [5, 5.41) is 14.6. The molecule has 0 unspecified atom stereocenters. The summed E-state index contributed by atoms with van der Waals surface area (Å²) in [6.07, 6.45) is -1.45. The van der Waals surface area contributed by atoms with E-state index in [0.717, 1.165) is 31.0 Å². The number of benzene rings is 1. The number of aliphatic hydroxyl groups excluding tert-OH is 1. The fraction of sp³-hybridized carbons (Fsp3) is 0.476. The molecule has 2 aromatic rings. The number of halogens is 3. The number of nitrogens with one attached hydrogen (secondary N) is 2. The predicted octanol–water partition coefficient (Wildman–Crippen LogP) is 2.85. The van der Waals surface area contributed by atoms with Crippen LogP contribution in [0.5, 0.6) is 0 Å². The first-order chi connectivity index (χ1) is 15.2. The van der Waals surface area contributed by atoms with Crippen LogP contribution in [0.15, 0.2) is 24.3 Å². The summed E-state index contributed by atoms with van der Waals surface area (Å²) < 4.78 is 39.6. The predicted molar refractivity (Wildman–Crippen MR) is 116 cm³/mol. The Balaban J connectivity index is 1.86. The Hall–Kier alpha value is -3.08. The van der Waals surface area contributed by atoms with E-state index in [0.29, 0.717) is 25.3 Å². The van der Waals surface area contributed by atoms with Gasteiger partial charge in [0.1, 0.15) is 12.4 Å². The van der Waals surface area contributed by atoms with Crippen LogP contribution in [0.25, 0.3) is 0 Å². The topological polar surface area (TPSA) is 116 Å². The van der Waals surface area contributed by atoms with Crippen LogP contribution in [0, 0.1) is 0 Å². The van der Waals surface area contributed by atoms with Crippen LogP contribution < -0.4 is 21.3 Å². The molecule has 0 bridgehead atoms. The SMILES string of the molecule is CCCc1cc(N2CCC[C@@H](NC(=O)CO)C2)nc(Nc2ccc(N)c(C(F)(F)F)c2)n1. The number of nitrogens with two attached hydrogens (primary N) is 1. The molecular formula is C21H27F3N6O2. The van der Waals surface area contributed by atoms with Gasteiger partial charge in [-0.3, -0.25) is 4.79 Å². The van der Waals surface area contributed by atoms with Gasteiger partial charge >= 0.3 is 6.18 Å². The number of hydrogen-bond acceptors (Lipinski definition) is 7. The van der Waals surface area contributed by atoms with Crippen LogP contribution >= 0.6 is 0 Å². The molecule has 1 saturated heterocycles. The standard InChI is InChI=1S/C21H27F3N6O2/c1-2-4-13-10-18(30-8-3-5-15(11-30)26-19(32)12-31)29-20(27-13)28-14-6-7-17(25)16(9-14)21(22,23)24/h6-7,9-10,15,31H,2-5,8,11-12,25H2,1H3,(H,26,32)(H,27,28,29)/t15-/m1/s1. The van der Waals surface area contributed by atoms with Gasteiger partial charge in [-0.1, -0.05) is 13.3 Å².